The van der Waals surface area contributed by atoms with E-state index in [9.17, 15) is 8.42 Å². The normalized spacial score (nSPS) is 11.6. The zero-order chi connectivity index (χ0) is 21.4. The second-order valence-corrected chi connectivity index (χ2v) is 8.36. The number of nitrogens with zero attached hydrogens (tertiary/aromatic N) is 2. The van der Waals surface area contributed by atoms with Crippen LogP contribution in [-0.2, 0) is 16.6 Å². The van der Waals surface area contributed by atoms with Gasteiger partial charge < -0.3 is 20.1 Å². The van der Waals surface area contributed by atoms with Gasteiger partial charge in [0.1, 0.15) is 0 Å². The number of hydrogen-bond acceptors (Lipinski definition) is 5. The van der Waals surface area contributed by atoms with Crippen molar-refractivity contribution >= 4 is 45.6 Å². The van der Waals surface area contributed by atoms with Gasteiger partial charge in [0.15, 0.2) is 17.5 Å². The highest BCUT2D eigenvalue weighted by Crippen LogP contribution is 2.30. The molecule has 0 heterocycles. The zero-order valence-electron chi connectivity index (χ0n) is 17.8. The highest BCUT2D eigenvalue weighted by molar-refractivity contribution is 14.0. The van der Waals surface area contributed by atoms with Crippen LogP contribution in [0.1, 0.15) is 12.5 Å². The van der Waals surface area contributed by atoms with Crippen molar-refractivity contribution in [2.24, 2.45) is 4.99 Å². The van der Waals surface area contributed by atoms with Crippen LogP contribution in [0.5, 0.6) is 11.5 Å². The molecule has 2 N–H and O–H groups in total. The Balaban J connectivity index is 0.00000450. The number of halogens is 1. The summed E-state index contributed by atoms with van der Waals surface area (Å²) in [5.41, 5.74) is 1.41. The van der Waals surface area contributed by atoms with Gasteiger partial charge in [0, 0.05) is 39.4 Å². The maximum Gasteiger partial charge on any atom is 0.242 e. The number of anilines is 1. The van der Waals surface area contributed by atoms with Gasteiger partial charge in [-0.2, -0.15) is 0 Å². The van der Waals surface area contributed by atoms with Crippen LogP contribution in [0.4, 0.5) is 5.69 Å². The summed E-state index contributed by atoms with van der Waals surface area (Å²) >= 11 is 0. The summed E-state index contributed by atoms with van der Waals surface area (Å²) < 4.78 is 37.2. The third kappa shape index (κ3) is 6.47. The van der Waals surface area contributed by atoms with Gasteiger partial charge >= 0.3 is 0 Å². The number of rotatable bonds is 8. The molecule has 0 saturated carbocycles. The van der Waals surface area contributed by atoms with Gasteiger partial charge in [0.2, 0.25) is 10.0 Å². The molecule has 0 aromatic heterocycles. The van der Waals surface area contributed by atoms with Crippen molar-refractivity contribution in [1.29, 1.82) is 0 Å². The first-order valence-corrected chi connectivity index (χ1v) is 10.6. The standard InChI is InChI=1S/C20H28N4O4S.HI/c1-6-28-18-13-16(11-12-17(18)27-5)23-20(21-2)22-14-15-9-7-8-10-19(15)29(25,26)24(3)4;/h7-13H,6,14H2,1-5H3,(H2,21,22,23);1H. The second kappa shape index (κ2) is 12.0. The van der Waals surface area contributed by atoms with Gasteiger partial charge in [-0.1, -0.05) is 18.2 Å². The van der Waals surface area contributed by atoms with Crippen molar-refractivity contribution in [3.8, 4) is 11.5 Å². The summed E-state index contributed by atoms with van der Waals surface area (Å²) in [4.78, 5) is 4.47. The Morgan fingerprint density at radius 3 is 2.43 bits per heavy atom. The van der Waals surface area contributed by atoms with Gasteiger partial charge in [0.05, 0.1) is 18.6 Å². The van der Waals surface area contributed by atoms with Crippen molar-refractivity contribution in [3.63, 3.8) is 0 Å². The van der Waals surface area contributed by atoms with Crippen molar-refractivity contribution in [1.82, 2.24) is 9.62 Å². The molecule has 0 amide bonds. The number of ether oxygens (including phenoxy) is 2. The summed E-state index contributed by atoms with van der Waals surface area (Å²) in [5.74, 6) is 1.76. The Labute approximate surface area is 195 Å². The molecule has 2 aromatic carbocycles. The molecule has 30 heavy (non-hydrogen) atoms. The van der Waals surface area contributed by atoms with Gasteiger partial charge in [-0.15, -0.1) is 24.0 Å². The Morgan fingerprint density at radius 1 is 1.13 bits per heavy atom. The molecule has 10 heteroatoms. The van der Waals surface area contributed by atoms with E-state index in [0.717, 1.165) is 5.69 Å². The molecule has 0 aliphatic rings. The first-order valence-electron chi connectivity index (χ1n) is 9.12. The molecule has 0 bridgehead atoms. The molecule has 8 nitrogen and oxygen atoms in total. The van der Waals surface area contributed by atoms with Gasteiger partial charge in [-0.05, 0) is 30.7 Å². The first-order chi connectivity index (χ1) is 13.8. The summed E-state index contributed by atoms with van der Waals surface area (Å²) in [6.45, 7) is 2.71. The third-order valence-electron chi connectivity index (χ3n) is 4.13. The van der Waals surface area contributed by atoms with E-state index in [4.69, 9.17) is 9.47 Å². The van der Waals surface area contributed by atoms with Crippen LogP contribution in [0.3, 0.4) is 0 Å². The summed E-state index contributed by atoms with van der Waals surface area (Å²) in [6, 6.07) is 12.4. The van der Waals surface area contributed by atoms with Crippen LogP contribution in [0.15, 0.2) is 52.4 Å². The number of guanidine groups is 1. The molecule has 0 radical (unpaired) electrons. The number of aliphatic imine (C=N–C) groups is 1. The SMILES string of the molecule is CCOc1cc(NC(=NC)NCc2ccccc2S(=O)(=O)N(C)C)ccc1OC.I. The monoisotopic (exact) mass is 548 g/mol. The van der Waals surface area contributed by atoms with Crippen molar-refractivity contribution in [3.05, 3.63) is 48.0 Å². The Hall–Kier alpha value is -2.05. The van der Waals surface area contributed by atoms with Gasteiger partial charge in [-0.3, -0.25) is 4.99 Å². The van der Waals surface area contributed by atoms with E-state index in [1.54, 1.807) is 44.5 Å². The van der Waals surface area contributed by atoms with E-state index in [2.05, 4.69) is 15.6 Å². The maximum absolute atomic E-state index is 12.5. The summed E-state index contributed by atoms with van der Waals surface area (Å²) in [5, 5.41) is 6.32. The van der Waals surface area contributed by atoms with E-state index in [1.165, 1.54) is 18.4 Å². The van der Waals surface area contributed by atoms with Crippen LogP contribution < -0.4 is 20.1 Å². The smallest absolute Gasteiger partial charge is 0.242 e. The van der Waals surface area contributed by atoms with E-state index in [0.29, 0.717) is 29.6 Å². The molecular weight excluding hydrogens is 519 g/mol. The predicted molar refractivity (Wildman–Crippen MR) is 131 cm³/mol. The lowest BCUT2D eigenvalue weighted by Crippen LogP contribution is -2.31. The zero-order valence-corrected chi connectivity index (χ0v) is 20.9. The molecule has 0 aliphatic heterocycles. The Bertz CT molecular complexity index is 965. The van der Waals surface area contributed by atoms with Crippen LogP contribution in [0.25, 0.3) is 0 Å². The molecular formula is C20H29IN4O4S. The largest absolute Gasteiger partial charge is 0.493 e. The fourth-order valence-electron chi connectivity index (χ4n) is 2.62. The van der Waals surface area contributed by atoms with Crippen molar-refractivity contribution < 1.29 is 17.9 Å². The minimum atomic E-state index is -3.54. The minimum absolute atomic E-state index is 0. The quantitative estimate of drug-likeness (QED) is 0.299. The first kappa shape index (κ1) is 26.0. The minimum Gasteiger partial charge on any atom is -0.493 e. The predicted octanol–water partition coefficient (Wildman–Crippen LogP) is 3.15. The lowest BCUT2D eigenvalue weighted by Gasteiger charge is -2.17. The molecule has 0 spiro atoms. The van der Waals surface area contributed by atoms with E-state index >= 15 is 0 Å². The molecule has 0 aliphatic carbocycles. The second-order valence-electron chi connectivity index (χ2n) is 6.24. The van der Waals surface area contributed by atoms with E-state index in [-0.39, 0.29) is 35.4 Å². The van der Waals surface area contributed by atoms with Crippen molar-refractivity contribution in [2.45, 2.75) is 18.4 Å². The fourth-order valence-corrected chi connectivity index (χ4v) is 3.73. The lowest BCUT2D eigenvalue weighted by molar-refractivity contribution is 0.311. The molecule has 0 saturated heterocycles. The number of sulfonamides is 1. The topological polar surface area (TPSA) is 92.3 Å². The third-order valence-corrected chi connectivity index (χ3v) is 6.04. The van der Waals surface area contributed by atoms with Crippen LogP contribution in [0, 0.1) is 0 Å². The van der Waals surface area contributed by atoms with Crippen molar-refractivity contribution in [2.75, 3.05) is 40.2 Å². The van der Waals surface area contributed by atoms with E-state index < -0.39 is 10.0 Å². The average Bonchev–Trinajstić information content (AvgIpc) is 2.71. The Morgan fingerprint density at radius 2 is 1.83 bits per heavy atom. The number of hydrogen-bond donors (Lipinski definition) is 2. The van der Waals surface area contributed by atoms with E-state index in [1.807, 2.05) is 19.1 Å². The molecule has 2 rings (SSSR count). The van der Waals surface area contributed by atoms with Crippen LogP contribution in [-0.4, -0.2) is 53.5 Å². The lowest BCUT2D eigenvalue weighted by atomic mass is 10.2. The summed E-state index contributed by atoms with van der Waals surface area (Å²) in [7, 11) is 2.72. The van der Waals surface area contributed by atoms with Crippen LogP contribution in [0.2, 0.25) is 0 Å². The number of benzene rings is 2. The number of methoxy groups -OCH3 is 1. The fraction of sp³-hybridized carbons (Fsp3) is 0.350. The summed E-state index contributed by atoms with van der Waals surface area (Å²) in [6.07, 6.45) is 0. The molecule has 0 atom stereocenters. The Kier molecular flexibility index (Phi) is 10.4. The highest BCUT2D eigenvalue weighted by Gasteiger charge is 2.20. The molecule has 0 unspecified atom stereocenters. The van der Waals surface area contributed by atoms with Crippen LogP contribution >= 0.6 is 24.0 Å². The molecule has 166 valence electrons. The number of nitrogens with one attached hydrogen (secondary N) is 2. The molecule has 2 aromatic rings. The molecule has 0 fully saturated rings. The van der Waals surface area contributed by atoms with Gasteiger partial charge in [0.25, 0.3) is 0 Å². The van der Waals surface area contributed by atoms with Gasteiger partial charge in [-0.25, -0.2) is 12.7 Å². The maximum atomic E-state index is 12.5. The average molecular weight is 548 g/mol. The highest BCUT2D eigenvalue weighted by atomic mass is 127.